The van der Waals surface area contributed by atoms with Crippen LogP contribution in [-0.2, 0) is 26.0 Å². The number of hydrogen-bond donors (Lipinski definition) is 1. The molecule has 0 heterocycles. The molecule has 7 nitrogen and oxygen atoms in total. The lowest BCUT2D eigenvalue weighted by Gasteiger charge is -2.34. The summed E-state index contributed by atoms with van der Waals surface area (Å²) in [6.07, 6.45) is 6.18. The molecule has 0 unspecified atom stereocenters. The molecule has 1 fully saturated rings. The standard InChI is InChI=1S/C32H38BrN3O4S/c1-2-30(32(38)34-27-14-8-4-9-15-27)35(23-22-25-12-6-3-7-13-25)31(37)24-36(28-20-18-26(33)19-21-28)41(39,40)29-16-10-5-11-17-29/h3,5-7,10-13,16-21,27,30H,2,4,8-9,14-15,22-24H2,1H3,(H,34,38)/t30-/m0/s1. The highest BCUT2D eigenvalue weighted by atomic mass is 79.9. The highest BCUT2D eigenvalue weighted by Gasteiger charge is 2.34. The van der Waals surface area contributed by atoms with Gasteiger partial charge in [0.1, 0.15) is 12.6 Å². The van der Waals surface area contributed by atoms with Crippen molar-refractivity contribution < 1.29 is 18.0 Å². The van der Waals surface area contributed by atoms with E-state index >= 15 is 0 Å². The number of nitrogens with zero attached hydrogens (tertiary/aromatic N) is 2. The van der Waals surface area contributed by atoms with E-state index in [-0.39, 0.29) is 16.8 Å². The lowest BCUT2D eigenvalue weighted by molar-refractivity contribution is -0.140. The Bertz CT molecular complexity index is 1380. The summed E-state index contributed by atoms with van der Waals surface area (Å²) >= 11 is 3.40. The first-order chi connectivity index (χ1) is 19.8. The summed E-state index contributed by atoms with van der Waals surface area (Å²) in [6.45, 7) is 1.75. The Hall–Kier alpha value is -3.17. The van der Waals surface area contributed by atoms with E-state index in [1.807, 2.05) is 37.3 Å². The maximum Gasteiger partial charge on any atom is 0.264 e. The third-order valence-electron chi connectivity index (χ3n) is 7.55. The van der Waals surface area contributed by atoms with E-state index in [0.717, 1.165) is 40.0 Å². The Morgan fingerprint density at radius 2 is 1.51 bits per heavy atom. The van der Waals surface area contributed by atoms with Crippen molar-refractivity contribution in [3.05, 3.63) is 95.0 Å². The maximum atomic E-state index is 14.1. The van der Waals surface area contributed by atoms with Gasteiger partial charge in [-0.1, -0.05) is 90.6 Å². The second kappa shape index (κ2) is 14.6. The molecule has 0 saturated heterocycles. The van der Waals surface area contributed by atoms with Gasteiger partial charge in [-0.25, -0.2) is 8.42 Å². The van der Waals surface area contributed by atoms with E-state index in [9.17, 15) is 18.0 Å². The van der Waals surface area contributed by atoms with Gasteiger partial charge in [0.15, 0.2) is 0 Å². The third kappa shape index (κ3) is 8.20. The fourth-order valence-electron chi connectivity index (χ4n) is 5.30. The molecule has 41 heavy (non-hydrogen) atoms. The number of nitrogens with one attached hydrogen (secondary N) is 1. The molecule has 1 N–H and O–H groups in total. The monoisotopic (exact) mass is 639 g/mol. The Morgan fingerprint density at radius 3 is 2.12 bits per heavy atom. The zero-order valence-electron chi connectivity index (χ0n) is 23.4. The molecule has 1 aliphatic carbocycles. The molecule has 1 saturated carbocycles. The molecule has 1 aliphatic rings. The largest absolute Gasteiger partial charge is 0.352 e. The van der Waals surface area contributed by atoms with E-state index in [4.69, 9.17) is 0 Å². The van der Waals surface area contributed by atoms with Crippen molar-refractivity contribution in [1.29, 1.82) is 0 Å². The second-order valence-electron chi connectivity index (χ2n) is 10.4. The SMILES string of the molecule is CC[C@@H](C(=O)NC1CCCCC1)N(CCc1ccccc1)C(=O)CN(c1ccc(Br)cc1)S(=O)(=O)c1ccccc1. The molecule has 3 aromatic carbocycles. The number of rotatable bonds is 12. The zero-order chi connectivity index (χ0) is 29.2. The molecule has 1 atom stereocenters. The zero-order valence-corrected chi connectivity index (χ0v) is 25.8. The van der Waals surface area contributed by atoms with Crippen LogP contribution in [0.5, 0.6) is 0 Å². The fraction of sp³-hybridized carbons (Fsp3) is 0.375. The van der Waals surface area contributed by atoms with E-state index in [1.165, 1.54) is 18.6 Å². The van der Waals surface area contributed by atoms with Crippen LogP contribution in [0.15, 0.2) is 94.3 Å². The van der Waals surface area contributed by atoms with Crippen LogP contribution in [0, 0.1) is 0 Å². The van der Waals surface area contributed by atoms with Gasteiger partial charge in [0.05, 0.1) is 10.6 Å². The minimum Gasteiger partial charge on any atom is -0.352 e. The van der Waals surface area contributed by atoms with Crippen molar-refractivity contribution in [3.63, 3.8) is 0 Å². The molecule has 0 aromatic heterocycles. The van der Waals surface area contributed by atoms with Crippen LogP contribution < -0.4 is 9.62 Å². The Morgan fingerprint density at radius 1 is 0.902 bits per heavy atom. The van der Waals surface area contributed by atoms with Gasteiger partial charge in [-0.05, 0) is 67.6 Å². The molecule has 0 spiro atoms. The fourth-order valence-corrected chi connectivity index (χ4v) is 7.00. The van der Waals surface area contributed by atoms with Gasteiger partial charge in [-0.3, -0.25) is 13.9 Å². The van der Waals surface area contributed by atoms with E-state index in [2.05, 4.69) is 21.2 Å². The normalized spacial score (nSPS) is 14.7. The highest BCUT2D eigenvalue weighted by molar-refractivity contribution is 9.10. The Balaban J connectivity index is 1.65. The smallest absolute Gasteiger partial charge is 0.264 e. The lowest BCUT2D eigenvalue weighted by Crippen LogP contribution is -2.54. The van der Waals surface area contributed by atoms with Gasteiger partial charge in [-0.2, -0.15) is 0 Å². The van der Waals surface area contributed by atoms with E-state index in [1.54, 1.807) is 47.4 Å². The van der Waals surface area contributed by atoms with E-state index in [0.29, 0.717) is 25.1 Å². The van der Waals surface area contributed by atoms with Gasteiger partial charge < -0.3 is 10.2 Å². The van der Waals surface area contributed by atoms with Gasteiger partial charge in [0.2, 0.25) is 11.8 Å². The average molecular weight is 641 g/mol. The molecule has 9 heteroatoms. The predicted octanol–water partition coefficient (Wildman–Crippen LogP) is 5.94. The number of carbonyl (C=O) groups is 2. The van der Waals surface area contributed by atoms with Gasteiger partial charge >= 0.3 is 0 Å². The molecular formula is C32H38BrN3O4S. The third-order valence-corrected chi connectivity index (χ3v) is 9.86. The summed E-state index contributed by atoms with van der Waals surface area (Å²) in [5.41, 5.74) is 1.41. The highest BCUT2D eigenvalue weighted by Crippen LogP contribution is 2.26. The van der Waals surface area contributed by atoms with E-state index < -0.39 is 28.5 Å². The predicted molar refractivity (Wildman–Crippen MR) is 166 cm³/mol. The van der Waals surface area contributed by atoms with Crippen LogP contribution in [0.3, 0.4) is 0 Å². The summed E-state index contributed by atoms with van der Waals surface area (Å²) in [6, 6.07) is 24.1. The van der Waals surface area contributed by atoms with Crippen molar-refractivity contribution in [2.24, 2.45) is 0 Å². The molecule has 218 valence electrons. The number of anilines is 1. The van der Waals surface area contributed by atoms with Crippen molar-refractivity contribution in [3.8, 4) is 0 Å². The maximum absolute atomic E-state index is 14.1. The first-order valence-corrected chi connectivity index (χ1v) is 16.5. The van der Waals surface area contributed by atoms with Crippen LogP contribution >= 0.6 is 15.9 Å². The van der Waals surface area contributed by atoms with Crippen LogP contribution in [0.4, 0.5) is 5.69 Å². The number of halogens is 1. The first-order valence-electron chi connectivity index (χ1n) is 14.3. The average Bonchev–Trinajstić information content (AvgIpc) is 2.99. The molecule has 0 aliphatic heterocycles. The molecule has 3 aromatic rings. The number of hydrogen-bond acceptors (Lipinski definition) is 4. The van der Waals surface area contributed by atoms with Crippen LogP contribution in [0.25, 0.3) is 0 Å². The van der Waals surface area contributed by atoms with Crippen molar-refractivity contribution in [1.82, 2.24) is 10.2 Å². The first kappa shape index (κ1) is 30.8. The van der Waals surface area contributed by atoms with Crippen LogP contribution in [-0.4, -0.2) is 50.3 Å². The summed E-state index contributed by atoms with van der Waals surface area (Å²) in [4.78, 5) is 29.3. The van der Waals surface area contributed by atoms with Gasteiger partial charge in [0.25, 0.3) is 10.0 Å². The second-order valence-corrected chi connectivity index (χ2v) is 13.2. The molecule has 2 amide bonds. The number of benzene rings is 3. The molecular weight excluding hydrogens is 602 g/mol. The van der Waals surface area contributed by atoms with Crippen molar-refractivity contribution in [2.75, 3.05) is 17.4 Å². The quantitative estimate of drug-likeness (QED) is 0.266. The summed E-state index contributed by atoms with van der Waals surface area (Å²) < 4.78 is 29.6. The lowest BCUT2D eigenvalue weighted by atomic mass is 9.95. The Labute approximate surface area is 252 Å². The van der Waals surface area contributed by atoms with Gasteiger partial charge in [0, 0.05) is 17.1 Å². The summed E-state index contributed by atoms with van der Waals surface area (Å²) in [7, 11) is -4.07. The molecule has 0 bridgehead atoms. The van der Waals surface area contributed by atoms with Gasteiger partial charge in [-0.15, -0.1) is 0 Å². The molecule has 0 radical (unpaired) electrons. The minimum atomic E-state index is -4.07. The molecule has 4 rings (SSSR count). The number of sulfonamides is 1. The summed E-state index contributed by atoms with van der Waals surface area (Å²) in [5.74, 6) is -0.601. The van der Waals surface area contributed by atoms with Crippen LogP contribution in [0.1, 0.15) is 51.0 Å². The van der Waals surface area contributed by atoms with Crippen LogP contribution in [0.2, 0.25) is 0 Å². The number of amides is 2. The van der Waals surface area contributed by atoms with Crippen molar-refractivity contribution in [2.45, 2.75) is 68.8 Å². The number of carbonyl (C=O) groups excluding carboxylic acids is 2. The summed E-state index contributed by atoms with van der Waals surface area (Å²) in [5, 5.41) is 3.18. The topological polar surface area (TPSA) is 86.8 Å². The Kier molecular flexibility index (Phi) is 11.0. The van der Waals surface area contributed by atoms with Crippen molar-refractivity contribution >= 4 is 43.5 Å². The minimum absolute atomic E-state index is 0.0913.